The van der Waals surface area contributed by atoms with Gasteiger partial charge in [0.15, 0.2) is 5.60 Å². The molecule has 2 aromatic carbocycles. The first-order valence-electron chi connectivity index (χ1n) is 7.82. The summed E-state index contributed by atoms with van der Waals surface area (Å²) in [6.07, 6.45) is -0.242. The Hall–Kier alpha value is -2.18. The molecule has 0 fully saturated rings. The van der Waals surface area contributed by atoms with Crippen LogP contribution in [0, 0.1) is 0 Å². The molecule has 0 aliphatic carbocycles. The van der Waals surface area contributed by atoms with E-state index in [9.17, 15) is 14.7 Å². The Kier molecular flexibility index (Phi) is 4.67. The third-order valence-corrected chi connectivity index (χ3v) is 4.79. The van der Waals surface area contributed by atoms with E-state index < -0.39 is 11.5 Å². The number of Topliss-reactive ketones (excluding diaryl/α,β-unsaturated/α-hetero) is 1. The van der Waals surface area contributed by atoms with E-state index in [1.807, 2.05) is 30.3 Å². The van der Waals surface area contributed by atoms with Crippen LogP contribution < -0.4 is 9.64 Å². The standard InChI is InChI=1S/C19H18BrNO4/c1-12(22)10-19(24)16-9-14(20)5-8-17(16)21(18(19)23)11-13-3-6-15(25-2)7-4-13/h3-9,24H,10-11H2,1-2H3/t19-/m1/s1. The lowest BCUT2D eigenvalue weighted by molar-refractivity contribution is -0.141. The summed E-state index contributed by atoms with van der Waals surface area (Å²) in [7, 11) is 1.59. The van der Waals surface area contributed by atoms with Gasteiger partial charge in [-0.05, 0) is 42.8 Å². The van der Waals surface area contributed by atoms with Crippen LogP contribution in [0.15, 0.2) is 46.9 Å². The van der Waals surface area contributed by atoms with Crippen molar-refractivity contribution in [3.8, 4) is 5.75 Å². The van der Waals surface area contributed by atoms with Crippen molar-refractivity contribution >= 4 is 33.3 Å². The fourth-order valence-electron chi connectivity index (χ4n) is 3.12. The first kappa shape index (κ1) is 17.6. The van der Waals surface area contributed by atoms with Crippen molar-refractivity contribution in [1.29, 1.82) is 0 Å². The number of aliphatic hydroxyl groups is 1. The largest absolute Gasteiger partial charge is 0.497 e. The molecule has 0 bridgehead atoms. The maximum absolute atomic E-state index is 12.9. The Morgan fingerprint density at radius 3 is 2.52 bits per heavy atom. The number of ether oxygens (including phenoxy) is 1. The van der Waals surface area contributed by atoms with E-state index in [0.717, 1.165) is 15.8 Å². The van der Waals surface area contributed by atoms with Crippen LogP contribution in [0.4, 0.5) is 5.69 Å². The van der Waals surface area contributed by atoms with Crippen LogP contribution in [-0.2, 0) is 21.7 Å². The van der Waals surface area contributed by atoms with Crippen molar-refractivity contribution in [3.05, 3.63) is 58.1 Å². The van der Waals surface area contributed by atoms with Gasteiger partial charge in [-0.25, -0.2) is 0 Å². The van der Waals surface area contributed by atoms with Gasteiger partial charge in [-0.15, -0.1) is 0 Å². The van der Waals surface area contributed by atoms with Crippen molar-refractivity contribution < 1.29 is 19.4 Å². The van der Waals surface area contributed by atoms with Crippen LogP contribution >= 0.6 is 15.9 Å². The number of anilines is 1. The van der Waals surface area contributed by atoms with Crippen molar-refractivity contribution in [2.24, 2.45) is 0 Å². The summed E-state index contributed by atoms with van der Waals surface area (Å²) in [6, 6.07) is 12.7. The lowest BCUT2D eigenvalue weighted by atomic mass is 9.90. The molecule has 0 saturated heterocycles. The molecule has 1 amide bonds. The van der Waals surface area contributed by atoms with Crippen LogP contribution in [-0.4, -0.2) is 23.9 Å². The highest BCUT2D eigenvalue weighted by Crippen LogP contribution is 2.44. The van der Waals surface area contributed by atoms with E-state index in [2.05, 4.69) is 15.9 Å². The highest BCUT2D eigenvalue weighted by atomic mass is 79.9. The predicted molar refractivity (Wildman–Crippen MR) is 97.5 cm³/mol. The van der Waals surface area contributed by atoms with Gasteiger partial charge in [-0.1, -0.05) is 28.1 Å². The van der Waals surface area contributed by atoms with Gasteiger partial charge in [-0.3, -0.25) is 9.59 Å². The monoisotopic (exact) mass is 403 g/mol. The van der Waals surface area contributed by atoms with Gasteiger partial charge >= 0.3 is 0 Å². The fraction of sp³-hybridized carbons (Fsp3) is 0.263. The third-order valence-electron chi connectivity index (χ3n) is 4.30. The fourth-order valence-corrected chi connectivity index (χ4v) is 3.49. The van der Waals surface area contributed by atoms with Crippen LogP contribution in [0.3, 0.4) is 0 Å². The normalized spacial score (nSPS) is 19.0. The van der Waals surface area contributed by atoms with Crippen LogP contribution in [0.2, 0.25) is 0 Å². The average molecular weight is 404 g/mol. The molecule has 1 aliphatic rings. The number of fused-ring (bicyclic) bond motifs is 1. The second kappa shape index (κ2) is 6.61. The molecule has 1 aliphatic heterocycles. The molecule has 0 aromatic heterocycles. The molecule has 0 radical (unpaired) electrons. The summed E-state index contributed by atoms with van der Waals surface area (Å²) in [5, 5.41) is 11.0. The molecule has 0 saturated carbocycles. The lowest BCUT2D eigenvalue weighted by Gasteiger charge is -2.22. The number of carbonyl (C=O) groups excluding carboxylic acids is 2. The van der Waals surface area contributed by atoms with E-state index >= 15 is 0 Å². The number of hydrogen-bond donors (Lipinski definition) is 1. The van der Waals surface area contributed by atoms with Crippen molar-refractivity contribution in [2.75, 3.05) is 12.0 Å². The minimum atomic E-state index is -1.82. The molecular formula is C19H18BrNO4. The van der Waals surface area contributed by atoms with Crippen LogP contribution in [0.25, 0.3) is 0 Å². The number of benzene rings is 2. The minimum Gasteiger partial charge on any atom is -0.497 e. The minimum absolute atomic E-state index is 0.242. The summed E-state index contributed by atoms with van der Waals surface area (Å²) in [5.74, 6) is 0.00797. The van der Waals surface area contributed by atoms with E-state index in [1.165, 1.54) is 11.8 Å². The Morgan fingerprint density at radius 2 is 1.92 bits per heavy atom. The predicted octanol–water partition coefficient (Wildman–Crippen LogP) is 3.17. The Morgan fingerprint density at radius 1 is 1.24 bits per heavy atom. The second-order valence-corrected chi connectivity index (χ2v) is 7.06. The van der Waals surface area contributed by atoms with E-state index in [1.54, 1.807) is 19.2 Å². The molecule has 25 heavy (non-hydrogen) atoms. The van der Waals surface area contributed by atoms with E-state index in [4.69, 9.17) is 4.74 Å². The number of rotatable bonds is 5. The van der Waals surface area contributed by atoms with Crippen molar-refractivity contribution in [3.63, 3.8) is 0 Å². The molecule has 1 atom stereocenters. The van der Waals surface area contributed by atoms with Crippen molar-refractivity contribution in [1.82, 2.24) is 0 Å². The average Bonchev–Trinajstić information content (AvgIpc) is 2.77. The third kappa shape index (κ3) is 3.19. The van der Waals surface area contributed by atoms with Crippen LogP contribution in [0.1, 0.15) is 24.5 Å². The molecule has 2 aromatic rings. The van der Waals surface area contributed by atoms with Gasteiger partial charge < -0.3 is 14.7 Å². The highest BCUT2D eigenvalue weighted by molar-refractivity contribution is 9.10. The second-order valence-electron chi connectivity index (χ2n) is 6.14. The SMILES string of the molecule is COc1ccc(CN2C(=O)[C@@](O)(CC(C)=O)c3cc(Br)ccc32)cc1. The van der Waals surface area contributed by atoms with Crippen molar-refractivity contribution in [2.45, 2.75) is 25.5 Å². The number of nitrogens with zero attached hydrogens (tertiary/aromatic N) is 1. The molecule has 1 N–H and O–H groups in total. The molecule has 1 heterocycles. The number of hydrogen-bond acceptors (Lipinski definition) is 4. The Bertz CT molecular complexity index is 834. The summed E-state index contributed by atoms with van der Waals surface area (Å²) in [4.78, 5) is 26.1. The zero-order valence-corrected chi connectivity index (χ0v) is 15.5. The van der Waals surface area contributed by atoms with E-state index in [-0.39, 0.29) is 12.2 Å². The van der Waals surface area contributed by atoms with Gasteiger partial charge in [0.25, 0.3) is 5.91 Å². The summed E-state index contributed by atoms with van der Waals surface area (Å²) < 4.78 is 5.89. The quantitative estimate of drug-likeness (QED) is 0.832. The topological polar surface area (TPSA) is 66.8 Å². The molecular weight excluding hydrogens is 386 g/mol. The number of amides is 1. The maximum Gasteiger partial charge on any atom is 0.264 e. The first-order valence-corrected chi connectivity index (χ1v) is 8.61. The number of methoxy groups -OCH3 is 1. The summed E-state index contributed by atoms with van der Waals surface area (Å²) >= 11 is 3.37. The molecule has 130 valence electrons. The van der Waals surface area contributed by atoms with Gasteiger partial charge in [0.1, 0.15) is 11.5 Å². The first-order chi connectivity index (χ1) is 11.8. The van der Waals surface area contributed by atoms with Gasteiger partial charge in [-0.2, -0.15) is 0 Å². The number of carbonyl (C=O) groups is 2. The van der Waals surface area contributed by atoms with E-state index in [0.29, 0.717) is 17.8 Å². The summed E-state index contributed by atoms with van der Waals surface area (Å²) in [6.45, 7) is 1.67. The molecule has 0 spiro atoms. The number of halogens is 1. The Balaban J connectivity index is 2.00. The van der Waals surface area contributed by atoms with Gasteiger partial charge in [0.2, 0.25) is 0 Å². The highest BCUT2D eigenvalue weighted by Gasteiger charge is 2.50. The maximum atomic E-state index is 12.9. The zero-order chi connectivity index (χ0) is 18.2. The summed E-state index contributed by atoms with van der Waals surface area (Å²) in [5.41, 5.74) is 0.149. The number of ketones is 1. The molecule has 6 heteroatoms. The van der Waals surface area contributed by atoms with Gasteiger partial charge in [0, 0.05) is 16.5 Å². The molecule has 0 unspecified atom stereocenters. The smallest absolute Gasteiger partial charge is 0.264 e. The lowest BCUT2D eigenvalue weighted by Crippen LogP contribution is -2.41. The molecule has 5 nitrogen and oxygen atoms in total. The van der Waals surface area contributed by atoms with Crippen LogP contribution in [0.5, 0.6) is 5.75 Å². The Labute approximate surface area is 154 Å². The zero-order valence-electron chi connectivity index (χ0n) is 14.0. The molecule has 3 rings (SSSR count). The van der Waals surface area contributed by atoms with Gasteiger partial charge in [0.05, 0.1) is 19.3 Å².